The Morgan fingerprint density at radius 1 is 1.24 bits per heavy atom. The number of hydrogen-bond acceptors (Lipinski definition) is 8. The maximum absolute atomic E-state index is 11.4. The molecule has 2 aromatic rings. The number of fused-ring (bicyclic) bond motifs is 2. The Morgan fingerprint density at radius 2 is 2.08 bits per heavy atom. The standard InChI is InChI=1S/C16H15N7O2/c17-14-12-13(7-1-2-11-10(3-7)21-16(18)25-11)22-23(8-4-9(24)5-8)15(12)20-6-19-14/h1-3,6,8,10-11H,4-5H2,(H2,18,21)(H2,17,19,20). The second-order valence-electron chi connectivity index (χ2n) is 6.37. The number of carbonyl (C=O) groups is 1. The highest BCUT2D eigenvalue weighted by Crippen LogP contribution is 2.36. The number of anilines is 1. The number of nitrogens with zero attached hydrogens (tertiary/aromatic N) is 5. The lowest BCUT2D eigenvalue weighted by atomic mass is 9.91. The van der Waals surface area contributed by atoms with Crippen molar-refractivity contribution in [1.29, 1.82) is 0 Å². The SMILES string of the molecule is NC1=NC2C=C(c3nn(C4CC(=O)C4)c4ncnc(N)c34)C=CC2O1. The van der Waals surface area contributed by atoms with Gasteiger partial charge in [-0.05, 0) is 12.2 Å². The summed E-state index contributed by atoms with van der Waals surface area (Å²) < 4.78 is 7.21. The largest absolute Gasteiger partial charge is 0.455 e. The Bertz CT molecular complexity index is 995. The molecular weight excluding hydrogens is 322 g/mol. The second-order valence-corrected chi connectivity index (χ2v) is 6.37. The summed E-state index contributed by atoms with van der Waals surface area (Å²) in [7, 11) is 0. The van der Waals surface area contributed by atoms with Crippen molar-refractivity contribution in [3.63, 3.8) is 0 Å². The third-order valence-electron chi connectivity index (χ3n) is 4.75. The van der Waals surface area contributed by atoms with Gasteiger partial charge in [-0.25, -0.2) is 19.6 Å². The minimum Gasteiger partial charge on any atom is -0.455 e. The van der Waals surface area contributed by atoms with Crippen molar-refractivity contribution in [2.75, 3.05) is 5.73 Å². The fourth-order valence-corrected chi connectivity index (χ4v) is 3.43. The lowest BCUT2D eigenvalue weighted by molar-refractivity contribution is -0.126. The van der Waals surface area contributed by atoms with E-state index in [0.29, 0.717) is 35.4 Å². The number of allylic oxidation sites excluding steroid dienone is 2. The minimum absolute atomic E-state index is 0.0162. The molecule has 5 rings (SSSR count). The Balaban J connectivity index is 1.65. The molecule has 9 nitrogen and oxygen atoms in total. The molecule has 2 unspecified atom stereocenters. The lowest BCUT2D eigenvalue weighted by Gasteiger charge is -2.24. The van der Waals surface area contributed by atoms with Crippen LogP contribution in [0.3, 0.4) is 0 Å². The first-order chi connectivity index (χ1) is 12.1. The summed E-state index contributed by atoms with van der Waals surface area (Å²) in [5.74, 6) is 0.587. The molecule has 1 fully saturated rings. The van der Waals surface area contributed by atoms with E-state index in [9.17, 15) is 4.79 Å². The molecule has 9 heteroatoms. The molecule has 2 atom stereocenters. The van der Waals surface area contributed by atoms with Crippen LogP contribution in [0.1, 0.15) is 24.6 Å². The van der Waals surface area contributed by atoms with Gasteiger partial charge in [-0.15, -0.1) is 0 Å². The summed E-state index contributed by atoms with van der Waals surface area (Å²) >= 11 is 0. The third kappa shape index (κ3) is 2.05. The van der Waals surface area contributed by atoms with E-state index in [1.165, 1.54) is 6.33 Å². The fraction of sp³-hybridized carbons (Fsp3) is 0.312. The van der Waals surface area contributed by atoms with Crippen LogP contribution in [0.15, 0.2) is 29.5 Å². The van der Waals surface area contributed by atoms with Gasteiger partial charge in [0.15, 0.2) is 5.65 Å². The van der Waals surface area contributed by atoms with E-state index in [-0.39, 0.29) is 30.0 Å². The predicted molar refractivity (Wildman–Crippen MR) is 90.4 cm³/mol. The molecule has 0 bridgehead atoms. The molecule has 3 heterocycles. The van der Waals surface area contributed by atoms with Gasteiger partial charge in [-0.3, -0.25) is 4.79 Å². The van der Waals surface area contributed by atoms with Crippen LogP contribution >= 0.6 is 0 Å². The number of aromatic nitrogens is 4. The number of nitrogen functional groups attached to an aromatic ring is 1. The van der Waals surface area contributed by atoms with Gasteiger partial charge in [-0.2, -0.15) is 5.10 Å². The number of ketones is 1. The van der Waals surface area contributed by atoms with Gasteiger partial charge in [0.1, 0.15) is 35.8 Å². The molecule has 25 heavy (non-hydrogen) atoms. The summed E-state index contributed by atoms with van der Waals surface area (Å²) in [4.78, 5) is 24.1. The van der Waals surface area contributed by atoms with E-state index >= 15 is 0 Å². The van der Waals surface area contributed by atoms with Crippen LogP contribution in [-0.4, -0.2) is 43.7 Å². The van der Waals surface area contributed by atoms with E-state index in [0.717, 1.165) is 5.57 Å². The third-order valence-corrected chi connectivity index (χ3v) is 4.75. The van der Waals surface area contributed by atoms with Gasteiger partial charge < -0.3 is 16.2 Å². The maximum Gasteiger partial charge on any atom is 0.283 e. The normalized spacial score (nSPS) is 25.4. The zero-order valence-electron chi connectivity index (χ0n) is 13.2. The van der Waals surface area contributed by atoms with Crippen LogP contribution in [-0.2, 0) is 9.53 Å². The average molecular weight is 337 g/mol. The Hall–Kier alpha value is -3.23. The van der Waals surface area contributed by atoms with E-state index in [1.54, 1.807) is 4.68 Å². The number of ether oxygens (including phenoxy) is 1. The molecular formula is C16H15N7O2. The molecule has 1 saturated carbocycles. The quantitative estimate of drug-likeness (QED) is 0.807. The van der Waals surface area contributed by atoms with Crippen molar-refractivity contribution in [2.45, 2.75) is 31.0 Å². The predicted octanol–water partition coefficient (Wildman–Crippen LogP) is 0.348. The fourth-order valence-electron chi connectivity index (χ4n) is 3.43. The number of hydrogen-bond donors (Lipinski definition) is 2. The van der Waals surface area contributed by atoms with Gasteiger partial charge in [0.05, 0.1) is 11.4 Å². The monoisotopic (exact) mass is 337 g/mol. The first-order valence-electron chi connectivity index (χ1n) is 8.01. The molecule has 0 spiro atoms. The molecule has 0 aromatic carbocycles. The van der Waals surface area contributed by atoms with Gasteiger partial charge in [-0.1, -0.05) is 6.08 Å². The van der Waals surface area contributed by atoms with Crippen molar-refractivity contribution in [2.24, 2.45) is 10.7 Å². The van der Waals surface area contributed by atoms with E-state index < -0.39 is 0 Å². The zero-order chi connectivity index (χ0) is 17.1. The Morgan fingerprint density at radius 3 is 2.88 bits per heavy atom. The number of aliphatic imine (C=N–C) groups is 1. The molecule has 3 aliphatic rings. The molecule has 0 saturated heterocycles. The van der Waals surface area contributed by atoms with Gasteiger partial charge in [0.25, 0.3) is 6.02 Å². The van der Waals surface area contributed by atoms with Crippen LogP contribution in [0.2, 0.25) is 0 Å². The molecule has 126 valence electrons. The van der Waals surface area contributed by atoms with Crippen LogP contribution in [0.5, 0.6) is 0 Å². The number of Topliss-reactive ketones (excluding diaryl/α,β-unsaturated/α-hetero) is 1. The van der Waals surface area contributed by atoms with Crippen molar-refractivity contribution in [3.05, 3.63) is 30.2 Å². The highest BCUT2D eigenvalue weighted by molar-refractivity contribution is 5.98. The smallest absolute Gasteiger partial charge is 0.283 e. The highest BCUT2D eigenvalue weighted by Gasteiger charge is 2.34. The number of carbonyl (C=O) groups excluding carboxylic acids is 1. The second kappa shape index (κ2) is 4.88. The van der Waals surface area contributed by atoms with E-state index in [1.807, 2.05) is 18.2 Å². The van der Waals surface area contributed by atoms with Crippen molar-refractivity contribution < 1.29 is 9.53 Å². The summed E-state index contributed by atoms with van der Waals surface area (Å²) in [6.07, 6.45) is 7.94. The Kier molecular flexibility index (Phi) is 2.76. The number of rotatable bonds is 2. The topological polar surface area (TPSA) is 134 Å². The van der Waals surface area contributed by atoms with E-state index in [4.69, 9.17) is 21.3 Å². The van der Waals surface area contributed by atoms with Crippen LogP contribution in [0, 0.1) is 0 Å². The van der Waals surface area contributed by atoms with Crippen molar-refractivity contribution in [1.82, 2.24) is 19.7 Å². The van der Waals surface area contributed by atoms with Crippen LogP contribution in [0.4, 0.5) is 5.82 Å². The number of amidine groups is 1. The van der Waals surface area contributed by atoms with Crippen LogP contribution in [0.25, 0.3) is 16.6 Å². The number of nitrogens with two attached hydrogens (primary N) is 2. The van der Waals surface area contributed by atoms with Gasteiger partial charge >= 0.3 is 0 Å². The van der Waals surface area contributed by atoms with Gasteiger partial charge in [0.2, 0.25) is 0 Å². The summed E-state index contributed by atoms with van der Waals surface area (Å²) in [6.45, 7) is 0. The molecule has 2 aromatic heterocycles. The van der Waals surface area contributed by atoms with E-state index in [2.05, 4.69) is 15.0 Å². The van der Waals surface area contributed by atoms with Crippen LogP contribution < -0.4 is 11.5 Å². The minimum atomic E-state index is -0.185. The zero-order valence-corrected chi connectivity index (χ0v) is 13.2. The lowest BCUT2D eigenvalue weighted by Crippen LogP contribution is -2.27. The first kappa shape index (κ1) is 14.1. The Labute approximate surface area is 142 Å². The first-order valence-corrected chi connectivity index (χ1v) is 8.01. The maximum atomic E-state index is 11.4. The summed E-state index contributed by atoms with van der Waals surface area (Å²) in [6, 6.07) is 0.0159. The van der Waals surface area contributed by atoms with Gasteiger partial charge in [0, 0.05) is 18.4 Å². The summed E-state index contributed by atoms with van der Waals surface area (Å²) in [5.41, 5.74) is 13.9. The molecule has 1 aliphatic heterocycles. The molecule has 0 amide bonds. The highest BCUT2D eigenvalue weighted by atomic mass is 16.5. The van der Waals surface area contributed by atoms with Crippen molar-refractivity contribution >= 4 is 34.2 Å². The molecule has 4 N–H and O–H groups in total. The summed E-state index contributed by atoms with van der Waals surface area (Å²) in [5, 5.41) is 5.39. The molecule has 2 aliphatic carbocycles. The average Bonchev–Trinajstić information content (AvgIpc) is 3.11. The molecule has 0 radical (unpaired) electrons. The van der Waals surface area contributed by atoms with Crippen molar-refractivity contribution in [3.8, 4) is 0 Å².